The molecule has 0 aliphatic carbocycles. The lowest BCUT2D eigenvalue weighted by Crippen LogP contribution is -2.46. The number of nitrogens with one attached hydrogen (secondary N) is 2. The lowest BCUT2D eigenvalue weighted by Gasteiger charge is -2.25. The summed E-state index contributed by atoms with van der Waals surface area (Å²) in [5.41, 5.74) is 0. The number of rotatable bonds is 7. The Kier molecular flexibility index (Phi) is 11.5. The van der Waals surface area contributed by atoms with Crippen molar-refractivity contribution in [2.45, 2.75) is 32.7 Å². The van der Waals surface area contributed by atoms with Gasteiger partial charge in [0, 0.05) is 39.8 Å². The van der Waals surface area contributed by atoms with Crippen LogP contribution < -0.4 is 10.6 Å². The van der Waals surface area contributed by atoms with Crippen molar-refractivity contribution in [3.8, 4) is 0 Å². The van der Waals surface area contributed by atoms with Gasteiger partial charge in [-0.25, -0.2) is 0 Å². The Morgan fingerprint density at radius 1 is 1.40 bits per heavy atom. The Morgan fingerprint density at radius 3 is 2.75 bits per heavy atom. The van der Waals surface area contributed by atoms with Crippen LogP contribution in [0, 0.1) is 5.92 Å². The standard InChI is InChI=1S/C14H30N4O.HI/c1-12(2)10-16-14(15-3)17-11-13-6-5-7-18(13)8-9-19-4;/h12-13H,5-11H2,1-4H3,(H2,15,16,17);1H. The molecule has 1 rings (SSSR count). The normalized spacial score (nSPS) is 20.1. The molecule has 2 N–H and O–H groups in total. The number of likely N-dealkylation sites (tertiary alicyclic amines) is 1. The molecule has 1 aliphatic rings. The lowest BCUT2D eigenvalue weighted by atomic mass is 10.2. The van der Waals surface area contributed by atoms with E-state index < -0.39 is 0 Å². The Morgan fingerprint density at radius 2 is 2.15 bits per heavy atom. The van der Waals surface area contributed by atoms with E-state index in [0.717, 1.165) is 32.2 Å². The van der Waals surface area contributed by atoms with E-state index in [1.165, 1.54) is 19.4 Å². The van der Waals surface area contributed by atoms with Gasteiger partial charge in [0.05, 0.1) is 6.61 Å². The summed E-state index contributed by atoms with van der Waals surface area (Å²) in [4.78, 5) is 6.77. The molecule has 1 heterocycles. The maximum absolute atomic E-state index is 5.17. The average molecular weight is 398 g/mol. The van der Waals surface area contributed by atoms with Crippen molar-refractivity contribution in [1.29, 1.82) is 0 Å². The van der Waals surface area contributed by atoms with Gasteiger partial charge >= 0.3 is 0 Å². The first-order valence-corrected chi connectivity index (χ1v) is 7.34. The fourth-order valence-electron chi connectivity index (χ4n) is 2.37. The maximum atomic E-state index is 5.17. The predicted octanol–water partition coefficient (Wildman–Crippen LogP) is 1.54. The third-order valence-electron chi connectivity index (χ3n) is 3.49. The zero-order valence-electron chi connectivity index (χ0n) is 13.3. The molecule has 1 unspecified atom stereocenters. The van der Waals surface area contributed by atoms with Gasteiger partial charge in [-0.1, -0.05) is 13.8 Å². The summed E-state index contributed by atoms with van der Waals surface area (Å²) >= 11 is 0. The monoisotopic (exact) mass is 398 g/mol. The number of hydrogen-bond acceptors (Lipinski definition) is 3. The molecule has 0 radical (unpaired) electrons. The first kappa shape index (κ1) is 19.9. The summed E-state index contributed by atoms with van der Waals surface area (Å²) in [5.74, 6) is 1.54. The van der Waals surface area contributed by atoms with Gasteiger partial charge in [0.2, 0.25) is 0 Å². The van der Waals surface area contributed by atoms with Gasteiger partial charge in [0.25, 0.3) is 0 Å². The largest absolute Gasteiger partial charge is 0.383 e. The second-order valence-electron chi connectivity index (χ2n) is 5.55. The van der Waals surface area contributed by atoms with Gasteiger partial charge in [-0.05, 0) is 25.3 Å². The summed E-state index contributed by atoms with van der Waals surface area (Å²) < 4.78 is 5.17. The minimum atomic E-state index is 0. The number of hydrogen-bond donors (Lipinski definition) is 2. The van der Waals surface area contributed by atoms with Crippen molar-refractivity contribution in [2.75, 3.05) is 46.9 Å². The topological polar surface area (TPSA) is 48.9 Å². The Hall–Kier alpha value is -0.0800. The minimum absolute atomic E-state index is 0. The highest BCUT2D eigenvalue weighted by atomic mass is 127. The zero-order valence-corrected chi connectivity index (χ0v) is 15.6. The summed E-state index contributed by atoms with van der Waals surface area (Å²) in [6.07, 6.45) is 2.55. The Balaban J connectivity index is 0.00000361. The quantitative estimate of drug-likeness (QED) is 0.388. The molecule has 0 saturated carbocycles. The highest BCUT2D eigenvalue weighted by Crippen LogP contribution is 2.15. The van der Waals surface area contributed by atoms with Gasteiger partial charge in [-0.15, -0.1) is 24.0 Å². The van der Waals surface area contributed by atoms with E-state index in [9.17, 15) is 0 Å². The molecular formula is C14H31IN4O. The summed E-state index contributed by atoms with van der Waals surface area (Å²) in [6.45, 7) is 9.35. The number of methoxy groups -OCH3 is 1. The van der Waals surface area contributed by atoms with Crippen molar-refractivity contribution in [2.24, 2.45) is 10.9 Å². The van der Waals surface area contributed by atoms with Crippen LogP contribution in [0.5, 0.6) is 0 Å². The molecule has 6 heteroatoms. The van der Waals surface area contributed by atoms with Crippen molar-refractivity contribution >= 4 is 29.9 Å². The summed E-state index contributed by atoms with van der Waals surface area (Å²) in [5, 5.41) is 6.78. The molecule has 0 bridgehead atoms. The molecule has 1 aliphatic heterocycles. The zero-order chi connectivity index (χ0) is 14.1. The predicted molar refractivity (Wildman–Crippen MR) is 96.1 cm³/mol. The SMILES string of the molecule is CN=C(NCC(C)C)NCC1CCCN1CCOC.I. The molecular weight excluding hydrogens is 367 g/mol. The lowest BCUT2D eigenvalue weighted by molar-refractivity contribution is 0.141. The van der Waals surface area contributed by atoms with Gasteiger partial charge in [-0.2, -0.15) is 0 Å². The molecule has 0 amide bonds. The number of aliphatic imine (C=N–C) groups is 1. The van der Waals surface area contributed by atoms with E-state index in [-0.39, 0.29) is 24.0 Å². The Bertz CT molecular complexity index is 274. The maximum Gasteiger partial charge on any atom is 0.191 e. The van der Waals surface area contributed by atoms with Crippen molar-refractivity contribution in [3.63, 3.8) is 0 Å². The fraction of sp³-hybridized carbons (Fsp3) is 0.929. The van der Waals surface area contributed by atoms with Crippen LogP contribution in [0.15, 0.2) is 4.99 Å². The molecule has 1 atom stereocenters. The number of halogens is 1. The van der Waals surface area contributed by atoms with E-state index in [2.05, 4.69) is 34.4 Å². The van der Waals surface area contributed by atoms with Crippen LogP contribution in [-0.2, 0) is 4.74 Å². The first-order valence-electron chi connectivity index (χ1n) is 7.34. The van der Waals surface area contributed by atoms with Crippen LogP contribution in [0.3, 0.4) is 0 Å². The molecule has 0 aromatic carbocycles. The highest BCUT2D eigenvalue weighted by molar-refractivity contribution is 14.0. The molecule has 5 nitrogen and oxygen atoms in total. The van der Waals surface area contributed by atoms with Gasteiger partial charge in [-0.3, -0.25) is 9.89 Å². The van der Waals surface area contributed by atoms with E-state index in [1.54, 1.807) is 7.11 Å². The second-order valence-corrected chi connectivity index (χ2v) is 5.55. The van der Waals surface area contributed by atoms with Crippen LogP contribution >= 0.6 is 24.0 Å². The van der Waals surface area contributed by atoms with E-state index in [0.29, 0.717) is 12.0 Å². The van der Waals surface area contributed by atoms with E-state index in [1.807, 2.05) is 7.05 Å². The van der Waals surface area contributed by atoms with Crippen LogP contribution in [-0.4, -0.2) is 63.8 Å². The first-order chi connectivity index (χ1) is 9.17. The molecule has 0 spiro atoms. The van der Waals surface area contributed by atoms with Crippen molar-refractivity contribution in [3.05, 3.63) is 0 Å². The fourth-order valence-corrected chi connectivity index (χ4v) is 2.37. The second kappa shape index (κ2) is 11.6. The molecule has 20 heavy (non-hydrogen) atoms. The van der Waals surface area contributed by atoms with Crippen molar-refractivity contribution in [1.82, 2.24) is 15.5 Å². The van der Waals surface area contributed by atoms with Gasteiger partial charge in [0.1, 0.15) is 0 Å². The van der Waals surface area contributed by atoms with E-state index in [4.69, 9.17) is 4.74 Å². The van der Waals surface area contributed by atoms with Gasteiger partial charge in [0.15, 0.2) is 5.96 Å². The third-order valence-corrected chi connectivity index (χ3v) is 3.49. The number of ether oxygens (including phenoxy) is 1. The van der Waals surface area contributed by atoms with Gasteiger partial charge < -0.3 is 15.4 Å². The van der Waals surface area contributed by atoms with E-state index >= 15 is 0 Å². The molecule has 120 valence electrons. The molecule has 1 saturated heterocycles. The number of nitrogens with zero attached hydrogens (tertiary/aromatic N) is 2. The van der Waals surface area contributed by atoms with Crippen molar-refractivity contribution < 1.29 is 4.74 Å². The summed E-state index contributed by atoms with van der Waals surface area (Å²) in [6, 6.07) is 0.604. The van der Waals surface area contributed by atoms with Crippen LogP contribution in [0.2, 0.25) is 0 Å². The molecule has 0 aromatic rings. The minimum Gasteiger partial charge on any atom is -0.383 e. The highest BCUT2D eigenvalue weighted by Gasteiger charge is 2.23. The Labute approximate surface area is 140 Å². The molecule has 1 fully saturated rings. The summed E-state index contributed by atoms with van der Waals surface area (Å²) in [7, 11) is 3.59. The van der Waals surface area contributed by atoms with Crippen LogP contribution in [0.4, 0.5) is 0 Å². The average Bonchev–Trinajstić information content (AvgIpc) is 2.83. The van der Waals surface area contributed by atoms with Crippen LogP contribution in [0.25, 0.3) is 0 Å². The third kappa shape index (κ3) is 7.64. The number of guanidine groups is 1. The molecule has 0 aromatic heterocycles. The van der Waals surface area contributed by atoms with Crippen LogP contribution in [0.1, 0.15) is 26.7 Å². The smallest absolute Gasteiger partial charge is 0.191 e.